The molecular formula is C15H24N4O2. The standard InChI is InChI=1S/C15H24N4O2/c1-4-7-11(16)14(20)18-12-8-5-6-9-13(12)19-15(21)17-10(2)3/h5-6,8-11H,4,7,16H2,1-3H3,(H,18,20)(H2,17,19,21). The van der Waals surface area contributed by atoms with Crippen molar-refractivity contribution in [2.45, 2.75) is 45.7 Å². The second-order valence-corrected chi connectivity index (χ2v) is 5.18. The number of carbonyl (C=O) groups excluding carboxylic acids is 2. The molecule has 0 heterocycles. The second-order valence-electron chi connectivity index (χ2n) is 5.18. The molecule has 1 unspecified atom stereocenters. The van der Waals surface area contributed by atoms with Crippen LogP contribution < -0.4 is 21.7 Å². The van der Waals surface area contributed by atoms with Crippen molar-refractivity contribution in [1.29, 1.82) is 0 Å². The van der Waals surface area contributed by atoms with Crippen LogP contribution in [0.15, 0.2) is 24.3 Å². The van der Waals surface area contributed by atoms with Gasteiger partial charge in [-0.05, 0) is 32.4 Å². The number of amides is 3. The van der Waals surface area contributed by atoms with Crippen LogP contribution in [0.1, 0.15) is 33.6 Å². The minimum absolute atomic E-state index is 0.0322. The molecule has 0 bridgehead atoms. The number of benzene rings is 1. The molecule has 6 nitrogen and oxygen atoms in total. The number of para-hydroxylation sites is 2. The number of hydrogen-bond donors (Lipinski definition) is 4. The fourth-order valence-corrected chi connectivity index (χ4v) is 1.79. The zero-order valence-electron chi connectivity index (χ0n) is 12.8. The van der Waals surface area contributed by atoms with E-state index < -0.39 is 6.04 Å². The van der Waals surface area contributed by atoms with Crippen LogP contribution in [-0.4, -0.2) is 24.0 Å². The molecule has 116 valence electrons. The predicted molar refractivity (Wildman–Crippen MR) is 85.2 cm³/mol. The molecule has 21 heavy (non-hydrogen) atoms. The first-order chi connectivity index (χ1) is 9.93. The average molecular weight is 292 g/mol. The van der Waals surface area contributed by atoms with Crippen molar-refractivity contribution in [3.63, 3.8) is 0 Å². The maximum Gasteiger partial charge on any atom is 0.319 e. The first-order valence-electron chi connectivity index (χ1n) is 7.17. The average Bonchev–Trinajstić information content (AvgIpc) is 2.40. The van der Waals surface area contributed by atoms with Crippen molar-refractivity contribution in [2.24, 2.45) is 5.73 Å². The monoisotopic (exact) mass is 292 g/mol. The van der Waals surface area contributed by atoms with Crippen LogP contribution in [0.4, 0.5) is 16.2 Å². The summed E-state index contributed by atoms with van der Waals surface area (Å²) in [5.41, 5.74) is 6.85. The highest BCUT2D eigenvalue weighted by Crippen LogP contribution is 2.21. The molecule has 6 heteroatoms. The Morgan fingerprint density at radius 1 is 1.14 bits per heavy atom. The largest absolute Gasteiger partial charge is 0.336 e. The van der Waals surface area contributed by atoms with E-state index in [2.05, 4.69) is 16.0 Å². The summed E-state index contributed by atoms with van der Waals surface area (Å²) in [5, 5.41) is 8.19. The molecular weight excluding hydrogens is 268 g/mol. The number of carbonyl (C=O) groups is 2. The van der Waals surface area contributed by atoms with E-state index in [0.29, 0.717) is 17.8 Å². The summed E-state index contributed by atoms with van der Waals surface area (Å²) in [6, 6.07) is 6.18. The third kappa shape index (κ3) is 5.83. The Labute approximate surface area is 125 Å². The van der Waals surface area contributed by atoms with E-state index in [0.717, 1.165) is 6.42 Å². The van der Waals surface area contributed by atoms with E-state index >= 15 is 0 Å². The molecule has 1 rings (SSSR count). The summed E-state index contributed by atoms with van der Waals surface area (Å²) >= 11 is 0. The third-order valence-corrected chi connectivity index (χ3v) is 2.79. The summed E-state index contributed by atoms with van der Waals surface area (Å²) in [6.45, 7) is 5.72. The van der Waals surface area contributed by atoms with Crippen LogP contribution in [0.2, 0.25) is 0 Å². The van der Waals surface area contributed by atoms with Crippen molar-refractivity contribution < 1.29 is 9.59 Å². The minimum Gasteiger partial charge on any atom is -0.336 e. The Bertz CT molecular complexity index is 488. The fraction of sp³-hybridized carbons (Fsp3) is 0.467. The van der Waals surface area contributed by atoms with Crippen LogP contribution >= 0.6 is 0 Å². The van der Waals surface area contributed by atoms with Gasteiger partial charge in [0.15, 0.2) is 0 Å². The molecule has 0 aromatic heterocycles. The van der Waals surface area contributed by atoms with Gasteiger partial charge in [0.05, 0.1) is 17.4 Å². The van der Waals surface area contributed by atoms with Crippen LogP contribution in [0.5, 0.6) is 0 Å². The molecule has 0 saturated heterocycles. The van der Waals surface area contributed by atoms with Crippen LogP contribution in [0.3, 0.4) is 0 Å². The molecule has 1 aromatic carbocycles. The van der Waals surface area contributed by atoms with E-state index in [-0.39, 0.29) is 18.0 Å². The lowest BCUT2D eigenvalue weighted by Gasteiger charge is -2.16. The molecule has 1 atom stereocenters. The first kappa shape index (κ1) is 17.0. The van der Waals surface area contributed by atoms with E-state index in [1.807, 2.05) is 20.8 Å². The Kier molecular flexibility index (Phi) is 6.68. The van der Waals surface area contributed by atoms with Gasteiger partial charge in [0.2, 0.25) is 5.91 Å². The Morgan fingerprint density at radius 2 is 1.71 bits per heavy atom. The highest BCUT2D eigenvalue weighted by Gasteiger charge is 2.14. The molecule has 0 aliphatic rings. The highest BCUT2D eigenvalue weighted by atomic mass is 16.2. The van der Waals surface area contributed by atoms with Gasteiger partial charge in [-0.3, -0.25) is 4.79 Å². The number of nitrogens with two attached hydrogens (primary N) is 1. The maximum atomic E-state index is 12.0. The number of rotatable bonds is 6. The summed E-state index contributed by atoms with van der Waals surface area (Å²) in [6.07, 6.45) is 1.46. The van der Waals surface area contributed by atoms with Crippen LogP contribution in [0, 0.1) is 0 Å². The van der Waals surface area contributed by atoms with Gasteiger partial charge in [-0.2, -0.15) is 0 Å². The zero-order valence-corrected chi connectivity index (χ0v) is 12.8. The molecule has 0 spiro atoms. The molecule has 3 amide bonds. The Balaban J connectivity index is 2.75. The molecule has 0 aliphatic heterocycles. The lowest BCUT2D eigenvalue weighted by atomic mass is 10.1. The van der Waals surface area contributed by atoms with Crippen molar-refractivity contribution in [2.75, 3.05) is 10.6 Å². The van der Waals surface area contributed by atoms with Gasteiger partial charge in [0.25, 0.3) is 0 Å². The van der Waals surface area contributed by atoms with Gasteiger partial charge in [-0.15, -0.1) is 0 Å². The molecule has 1 aromatic rings. The van der Waals surface area contributed by atoms with Gasteiger partial charge < -0.3 is 21.7 Å². The maximum absolute atomic E-state index is 12.0. The minimum atomic E-state index is -0.549. The number of hydrogen-bond acceptors (Lipinski definition) is 3. The smallest absolute Gasteiger partial charge is 0.319 e. The third-order valence-electron chi connectivity index (χ3n) is 2.79. The highest BCUT2D eigenvalue weighted by molar-refractivity contribution is 6.00. The van der Waals surface area contributed by atoms with E-state index in [1.165, 1.54) is 0 Å². The predicted octanol–water partition coefficient (Wildman–Crippen LogP) is 2.28. The van der Waals surface area contributed by atoms with E-state index in [4.69, 9.17) is 5.73 Å². The van der Waals surface area contributed by atoms with Crippen molar-refractivity contribution >= 4 is 23.3 Å². The lowest BCUT2D eigenvalue weighted by Crippen LogP contribution is -2.36. The summed E-state index contributed by atoms with van der Waals surface area (Å²) < 4.78 is 0. The van der Waals surface area contributed by atoms with Crippen LogP contribution in [-0.2, 0) is 4.79 Å². The molecule has 0 saturated carbocycles. The summed E-state index contributed by atoms with van der Waals surface area (Å²) in [4.78, 5) is 23.7. The van der Waals surface area contributed by atoms with Gasteiger partial charge >= 0.3 is 6.03 Å². The van der Waals surface area contributed by atoms with Gasteiger partial charge in [-0.1, -0.05) is 25.5 Å². The van der Waals surface area contributed by atoms with Crippen LogP contribution in [0.25, 0.3) is 0 Å². The second kappa shape index (κ2) is 8.26. The summed E-state index contributed by atoms with van der Waals surface area (Å²) in [7, 11) is 0. The van der Waals surface area contributed by atoms with Crippen molar-refractivity contribution in [3.05, 3.63) is 24.3 Å². The first-order valence-corrected chi connectivity index (χ1v) is 7.17. The molecule has 0 aliphatic carbocycles. The zero-order chi connectivity index (χ0) is 15.8. The molecule has 0 radical (unpaired) electrons. The topological polar surface area (TPSA) is 96.2 Å². The van der Waals surface area contributed by atoms with E-state index in [9.17, 15) is 9.59 Å². The number of urea groups is 1. The van der Waals surface area contributed by atoms with Crippen molar-refractivity contribution in [1.82, 2.24) is 5.32 Å². The van der Waals surface area contributed by atoms with Gasteiger partial charge in [-0.25, -0.2) is 4.79 Å². The SMILES string of the molecule is CCCC(N)C(=O)Nc1ccccc1NC(=O)NC(C)C. The van der Waals surface area contributed by atoms with Crippen molar-refractivity contribution in [3.8, 4) is 0 Å². The van der Waals surface area contributed by atoms with Gasteiger partial charge in [0, 0.05) is 6.04 Å². The van der Waals surface area contributed by atoms with E-state index in [1.54, 1.807) is 24.3 Å². The lowest BCUT2D eigenvalue weighted by molar-refractivity contribution is -0.117. The Morgan fingerprint density at radius 3 is 2.24 bits per heavy atom. The number of nitrogens with one attached hydrogen (secondary N) is 3. The summed E-state index contributed by atoms with van der Waals surface area (Å²) in [5.74, 6) is -0.254. The Hall–Kier alpha value is -2.08. The quantitative estimate of drug-likeness (QED) is 0.647. The fourth-order valence-electron chi connectivity index (χ4n) is 1.79. The van der Waals surface area contributed by atoms with Gasteiger partial charge in [0.1, 0.15) is 0 Å². The normalized spacial score (nSPS) is 11.9. The molecule has 5 N–H and O–H groups in total. The number of anilines is 2. The molecule has 0 fully saturated rings.